The molecule has 0 saturated heterocycles. The summed E-state index contributed by atoms with van der Waals surface area (Å²) in [6.45, 7) is 0.261. The molecular formula is C17H25N3O3. The van der Waals surface area contributed by atoms with Crippen molar-refractivity contribution >= 4 is 12.0 Å². The minimum absolute atomic E-state index is 0.0406. The molecule has 0 aliphatic heterocycles. The molecule has 4 N–H and O–H groups in total. The van der Waals surface area contributed by atoms with Crippen molar-refractivity contribution in [1.29, 1.82) is 0 Å². The normalized spacial score (nSPS) is 23.8. The molecule has 1 aliphatic rings. The third-order valence-corrected chi connectivity index (χ3v) is 4.31. The van der Waals surface area contributed by atoms with Crippen LogP contribution >= 0.6 is 0 Å². The topological polar surface area (TPSA) is 93.5 Å². The van der Waals surface area contributed by atoms with E-state index in [-0.39, 0.29) is 18.6 Å². The lowest BCUT2D eigenvalue weighted by Gasteiger charge is -2.36. The highest BCUT2D eigenvalue weighted by atomic mass is 16.5. The fourth-order valence-corrected chi connectivity index (χ4v) is 2.85. The number of carbonyl (C=O) groups is 2. The Hall–Kier alpha value is -2.08. The maximum atomic E-state index is 11.8. The van der Waals surface area contributed by atoms with Gasteiger partial charge >= 0.3 is 6.09 Å². The SMILES string of the molecule is CNC(=O)CC1(N)CCC(NC(=O)OCc2ccccc2)CC1. The molecule has 0 bridgehead atoms. The summed E-state index contributed by atoms with van der Waals surface area (Å²) >= 11 is 0. The summed E-state index contributed by atoms with van der Waals surface area (Å²) in [6.07, 6.45) is 2.86. The molecule has 1 aliphatic carbocycles. The molecule has 0 unspecified atom stereocenters. The summed E-state index contributed by atoms with van der Waals surface area (Å²) in [4.78, 5) is 23.3. The Morgan fingerprint density at radius 2 is 1.91 bits per heavy atom. The summed E-state index contributed by atoms with van der Waals surface area (Å²) < 4.78 is 5.22. The monoisotopic (exact) mass is 319 g/mol. The number of nitrogens with two attached hydrogens (primary N) is 1. The van der Waals surface area contributed by atoms with E-state index in [1.54, 1.807) is 7.05 Å². The Bertz CT molecular complexity index is 525. The zero-order valence-electron chi connectivity index (χ0n) is 13.5. The smallest absolute Gasteiger partial charge is 0.407 e. The largest absolute Gasteiger partial charge is 0.445 e. The van der Waals surface area contributed by atoms with Gasteiger partial charge in [-0.2, -0.15) is 0 Å². The van der Waals surface area contributed by atoms with Crippen molar-refractivity contribution in [2.24, 2.45) is 5.73 Å². The predicted octanol–water partition coefficient (Wildman–Crippen LogP) is 1.69. The van der Waals surface area contributed by atoms with Crippen molar-refractivity contribution in [2.45, 2.75) is 50.3 Å². The number of ether oxygens (including phenoxy) is 1. The second-order valence-electron chi connectivity index (χ2n) is 6.19. The predicted molar refractivity (Wildman–Crippen MR) is 87.6 cm³/mol. The molecule has 1 aromatic rings. The first-order valence-electron chi connectivity index (χ1n) is 7.97. The molecular weight excluding hydrogens is 294 g/mol. The molecule has 0 aromatic heterocycles. The molecule has 0 heterocycles. The van der Waals surface area contributed by atoms with Crippen molar-refractivity contribution in [3.63, 3.8) is 0 Å². The maximum Gasteiger partial charge on any atom is 0.407 e. The Morgan fingerprint density at radius 1 is 1.26 bits per heavy atom. The van der Waals surface area contributed by atoms with Gasteiger partial charge in [-0.25, -0.2) is 4.79 Å². The third kappa shape index (κ3) is 5.56. The summed E-state index contributed by atoms with van der Waals surface area (Å²) in [5.74, 6) is -0.0406. The van der Waals surface area contributed by atoms with E-state index in [9.17, 15) is 9.59 Å². The van der Waals surface area contributed by atoms with Crippen LogP contribution in [-0.2, 0) is 16.1 Å². The third-order valence-electron chi connectivity index (χ3n) is 4.31. The molecule has 2 amide bonds. The van der Waals surface area contributed by atoms with Crippen LogP contribution in [0.4, 0.5) is 4.79 Å². The van der Waals surface area contributed by atoms with Crippen molar-refractivity contribution in [1.82, 2.24) is 10.6 Å². The number of nitrogens with one attached hydrogen (secondary N) is 2. The van der Waals surface area contributed by atoms with Gasteiger partial charge in [-0.05, 0) is 31.2 Å². The number of amides is 2. The molecule has 0 spiro atoms. The minimum atomic E-state index is -0.466. The Morgan fingerprint density at radius 3 is 2.52 bits per heavy atom. The van der Waals surface area contributed by atoms with Gasteiger partial charge in [0.2, 0.25) is 5.91 Å². The molecule has 6 nitrogen and oxygen atoms in total. The molecule has 0 radical (unpaired) electrons. The van der Waals surface area contributed by atoms with E-state index in [0.717, 1.165) is 18.4 Å². The molecule has 0 atom stereocenters. The van der Waals surface area contributed by atoms with E-state index in [4.69, 9.17) is 10.5 Å². The van der Waals surface area contributed by atoms with Crippen molar-refractivity contribution in [3.05, 3.63) is 35.9 Å². The van der Waals surface area contributed by atoms with Gasteiger partial charge in [0.25, 0.3) is 0 Å². The molecule has 1 fully saturated rings. The van der Waals surface area contributed by atoms with E-state index in [0.29, 0.717) is 19.3 Å². The quantitative estimate of drug-likeness (QED) is 0.770. The summed E-state index contributed by atoms with van der Waals surface area (Å²) in [7, 11) is 1.61. The number of rotatable bonds is 5. The Labute approximate surface area is 136 Å². The van der Waals surface area contributed by atoms with E-state index < -0.39 is 11.6 Å². The van der Waals surface area contributed by atoms with E-state index in [1.165, 1.54) is 0 Å². The van der Waals surface area contributed by atoms with Crippen molar-refractivity contribution in [3.8, 4) is 0 Å². The number of hydrogen-bond donors (Lipinski definition) is 3. The second kappa shape index (κ2) is 7.97. The zero-order valence-corrected chi connectivity index (χ0v) is 13.5. The van der Waals surface area contributed by atoms with E-state index in [1.807, 2.05) is 30.3 Å². The fourth-order valence-electron chi connectivity index (χ4n) is 2.85. The van der Waals surface area contributed by atoms with Crippen LogP contribution in [0.3, 0.4) is 0 Å². The van der Waals surface area contributed by atoms with Gasteiger partial charge in [0.1, 0.15) is 6.61 Å². The standard InChI is InChI=1S/C17H25N3O3/c1-19-15(21)11-17(18)9-7-14(8-10-17)20-16(22)23-12-13-5-3-2-4-6-13/h2-6,14H,7-12,18H2,1H3,(H,19,21)(H,20,22). The Balaban J connectivity index is 1.71. The average Bonchev–Trinajstić information content (AvgIpc) is 2.56. The lowest BCUT2D eigenvalue weighted by Crippen LogP contribution is -2.50. The van der Waals surface area contributed by atoms with E-state index >= 15 is 0 Å². The van der Waals surface area contributed by atoms with Gasteiger partial charge in [0.15, 0.2) is 0 Å². The first-order valence-corrected chi connectivity index (χ1v) is 7.97. The number of benzene rings is 1. The average molecular weight is 319 g/mol. The first-order chi connectivity index (χ1) is 11.0. The lowest BCUT2D eigenvalue weighted by molar-refractivity contribution is -0.122. The van der Waals surface area contributed by atoms with Crippen LogP contribution in [0.15, 0.2) is 30.3 Å². The van der Waals surface area contributed by atoms with Crippen LogP contribution in [0.5, 0.6) is 0 Å². The molecule has 6 heteroatoms. The van der Waals surface area contributed by atoms with Crippen molar-refractivity contribution in [2.75, 3.05) is 7.05 Å². The molecule has 1 aromatic carbocycles. The fraction of sp³-hybridized carbons (Fsp3) is 0.529. The number of carbonyl (C=O) groups excluding carboxylic acids is 2. The second-order valence-corrected chi connectivity index (χ2v) is 6.19. The van der Waals surface area contributed by atoms with Crippen LogP contribution in [0, 0.1) is 0 Å². The highest BCUT2D eigenvalue weighted by Gasteiger charge is 2.34. The molecule has 23 heavy (non-hydrogen) atoms. The van der Waals surface area contributed by atoms with Gasteiger partial charge in [0, 0.05) is 25.0 Å². The molecule has 2 rings (SSSR count). The summed E-state index contributed by atoms with van der Waals surface area (Å²) in [6, 6.07) is 9.62. The van der Waals surface area contributed by atoms with Crippen LogP contribution in [0.25, 0.3) is 0 Å². The van der Waals surface area contributed by atoms with Crippen LogP contribution in [0.2, 0.25) is 0 Å². The highest BCUT2D eigenvalue weighted by molar-refractivity contribution is 5.76. The number of hydrogen-bond acceptors (Lipinski definition) is 4. The van der Waals surface area contributed by atoms with Crippen LogP contribution in [-0.4, -0.2) is 30.6 Å². The number of alkyl carbamates (subject to hydrolysis) is 1. The summed E-state index contributed by atoms with van der Waals surface area (Å²) in [5, 5.41) is 5.48. The first kappa shape index (κ1) is 17.3. The van der Waals surface area contributed by atoms with Gasteiger partial charge in [-0.15, -0.1) is 0 Å². The van der Waals surface area contributed by atoms with Gasteiger partial charge in [0.05, 0.1) is 0 Å². The molecule has 126 valence electrons. The van der Waals surface area contributed by atoms with Crippen LogP contribution in [0.1, 0.15) is 37.7 Å². The van der Waals surface area contributed by atoms with Gasteiger partial charge in [-0.3, -0.25) is 4.79 Å². The molecule has 1 saturated carbocycles. The van der Waals surface area contributed by atoms with Gasteiger partial charge in [-0.1, -0.05) is 30.3 Å². The zero-order chi connectivity index (χ0) is 16.7. The van der Waals surface area contributed by atoms with E-state index in [2.05, 4.69) is 10.6 Å². The van der Waals surface area contributed by atoms with Crippen LogP contribution < -0.4 is 16.4 Å². The highest BCUT2D eigenvalue weighted by Crippen LogP contribution is 2.29. The maximum absolute atomic E-state index is 11.8. The van der Waals surface area contributed by atoms with Crippen molar-refractivity contribution < 1.29 is 14.3 Å². The summed E-state index contributed by atoms with van der Waals surface area (Å²) in [5.41, 5.74) is 6.75. The van der Waals surface area contributed by atoms with Gasteiger partial charge < -0.3 is 21.1 Å². The minimum Gasteiger partial charge on any atom is -0.445 e. The lowest BCUT2D eigenvalue weighted by atomic mass is 9.78. The Kier molecular flexibility index (Phi) is 5.98.